The van der Waals surface area contributed by atoms with Crippen LogP contribution in [0.3, 0.4) is 0 Å². The molecule has 0 aromatic rings. The van der Waals surface area contributed by atoms with Crippen molar-refractivity contribution in [1.82, 2.24) is 0 Å². The van der Waals surface area contributed by atoms with Gasteiger partial charge in [-0.05, 0) is 25.8 Å². The van der Waals surface area contributed by atoms with Crippen molar-refractivity contribution < 1.29 is 9.18 Å². The molecule has 0 spiro atoms. The number of hydrogen-bond acceptors (Lipinski definition) is 1. The molecule has 0 N–H and O–H groups in total. The van der Waals surface area contributed by atoms with Gasteiger partial charge in [-0.2, -0.15) is 0 Å². The van der Waals surface area contributed by atoms with Crippen LogP contribution in [0.25, 0.3) is 0 Å². The summed E-state index contributed by atoms with van der Waals surface area (Å²) >= 11 is 0. The Morgan fingerprint density at radius 2 is 2.44 bits per heavy atom. The first-order chi connectivity index (χ1) is 4.20. The van der Waals surface area contributed by atoms with Gasteiger partial charge in [-0.1, -0.05) is 5.57 Å². The molecule has 0 saturated heterocycles. The molecule has 0 amide bonds. The van der Waals surface area contributed by atoms with E-state index in [0.717, 1.165) is 12.0 Å². The van der Waals surface area contributed by atoms with Gasteiger partial charge in [0.15, 0.2) is 12.0 Å². The van der Waals surface area contributed by atoms with Crippen molar-refractivity contribution in [3.05, 3.63) is 11.6 Å². The van der Waals surface area contributed by atoms with Gasteiger partial charge in [-0.25, -0.2) is 4.39 Å². The second kappa shape index (κ2) is 2.29. The lowest BCUT2D eigenvalue weighted by atomic mass is 9.99. The molecule has 0 aromatic carbocycles. The highest BCUT2D eigenvalue weighted by atomic mass is 19.1. The Morgan fingerprint density at radius 1 is 1.78 bits per heavy atom. The number of hydrogen-bond donors (Lipinski definition) is 0. The highest BCUT2D eigenvalue weighted by molar-refractivity contribution is 5.94. The van der Waals surface area contributed by atoms with E-state index in [4.69, 9.17) is 0 Å². The lowest BCUT2D eigenvalue weighted by molar-refractivity contribution is -0.119. The van der Waals surface area contributed by atoms with Crippen molar-refractivity contribution in [2.75, 3.05) is 0 Å². The summed E-state index contributed by atoms with van der Waals surface area (Å²) in [6, 6.07) is 0. The minimum absolute atomic E-state index is 0.362. The Hall–Kier alpha value is -0.660. The molecule has 1 aliphatic rings. The van der Waals surface area contributed by atoms with Crippen molar-refractivity contribution in [2.45, 2.75) is 25.9 Å². The van der Waals surface area contributed by atoms with E-state index in [-0.39, 0.29) is 5.78 Å². The highest BCUT2D eigenvalue weighted by Gasteiger charge is 2.18. The number of halogens is 1. The van der Waals surface area contributed by atoms with E-state index in [2.05, 4.69) is 0 Å². The zero-order chi connectivity index (χ0) is 6.85. The highest BCUT2D eigenvalue weighted by Crippen LogP contribution is 2.16. The Balaban J connectivity index is 2.70. The fourth-order valence-corrected chi connectivity index (χ4v) is 0.902. The molecule has 1 rings (SSSR count). The van der Waals surface area contributed by atoms with Crippen LogP contribution >= 0.6 is 0 Å². The predicted octanol–water partition coefficient (Wildman–Crippen LogP) is 1.63. The van der Waals surface area contributed by atoms with Gasteiger partial charge in [0.25, 0.3) is 0 Å². The normalized spacial score (nSPS) is 28.0. The minimum Gasteiger partial charge on any atom is -0.292 e. The van der Waals surface area contributed by atoms with E-state index in [9.17, 15) is 9.18 Å². The van der Waals surface area contributed by atoms with Crippen LogP contribution in [0.1, 0.15) is 19.8 Å². The first-order valence-electron chi connectivity index (χ1n) is 3.05. The fraction of sp³-hybridized carbons (Fsp3) is 0.571. The SMILES string of the molecule is CC1=CC(=O)C(F)CC1. The van der Waals surface area contributed by atoms with E-state index >= 15 is 0 Å². The number of rotatable bonds is 0. The molecule has 0 aliphatic heterocycles. The van der Waals surface area contributed by atoms with Crippen LogP contribution in [0.4, 0.5) is 4.39 Å². The van der Waals surface area contributed by atoms with Crippen LogP contribution in [0, 0.1) is 0 Å². The summed E-state index contributed by atoms with van der Waals surface area (Å²) in [5, 5.41) is 0. The zero-order valence-corrected chi connectivity index (χ0v) is 5.36. The molecule has 2 heteroatoms. The van der Waals surface area contributed by atoms with Crippen molar-refractivity contribution >= 4 is 5.78 Å². The van der Waals surface area contributed by atoms with E-state index in [1.165, 1.54) is 6.08 Å². The summed E-state index contributed by atoms with van der Waals surface area (Å²) in [6.45, 7) is 1.85. The van der Waals surface area contributed by atoms with Gasteiger partial charge in [0.2, 0.25) is 0 Å². The first-order valence-corrected chi connectivity index (χ1v) is 3.05. The van der Waals surface area contributed by atoms with E-state index in [1.807, 2.05) is 6.92 Å². The monoisotopic (exact) mass is 128 g/mol. The van der Waals surface area contributed by atoms with Crippen LogP contribution in [0.15, 0.2) is 11.6 Å². The zero-order valence-electron chi connectivity index (χ0n) is 5.36. The average Bonchev–Trinajstić information content (AvgIpc) is 1.80. The maximum absolute atomic E-state index is 12.4. The standard InChI is InChI=1S/C7H9FO/c1-5-2-3-6(8)7(9)4-5/h4,6H,2-3H2,1H3. The van der Waals surface area contributed by atoms with E-state index in [1.54, 1.807) is 0 Å². The lowest BCUT2D eigenvalue weighted by Gasteiger charge is -2.10. The van der Waals surface area contributed by atoms with Crippen molar-refractivity contribution in [3.8, 4) is 0 Å². The molecule has 50 valence electrons. The molecule has 1 aliphatic carbocycles. The second-order valence-corrected chi connectivity index (χ2v) is 2.40. The van der Waals surface area contributed by atoms with Gasteiger partial charge in [0.1, 0.15) is 0 Å². The predicted molar refractivity (Wildman–Crippen MR) is 32.9 cm³/mol. The third-order valence-electron chi connectivity index (χ3n) is 1.49. The summed E-state index contributed by atoms with van der Waals surface area (Å²) in [5.74, 6) is -0.362. The van der Waals surface area contributed by atoms with E-state index in [0.29, 0.717) is 6.42 Å². The number of carbonyl (C=O) groups is 1. The minimum atomic E-state index is -1.23. The average molecular weight is 128 g/mol. The molecule has 0 aromatic heterocycles. The summed E-state index contributed by atoms with van der Waals surface area (Å²) in [6.07, 6.45) is 1.27. The molecule has 1 unspecified atom stereocenters. The summed E-state index contributed by atoms with van der Waals surface area (Å²) < 4.78 is 12.4. The van der Waals surface area contributed by atoms with E-state index < -0.39 is 6.17 Å². The second-order valence-electron chi connectivity index (χ2n) is 2.40. The smallest absolute Gasteiger partial charge is 0.189 e. The third kappa shape index (κ3) is 1.37. The molecule has 0 bridgehead atoms. The Bertz CT molecular complexity index is 160. The first kappa shape index (κ1) is 6.46. The van der Waals surface area contributed by atoms with Crippen LogP contribution in [0.2, 0.25) is 0 Å². The maximum Gasteiger partial charge on any atom is 0.189 e. The molecule has 0 fully saturated rings. The Morgan fingerprint density at radius 3 is 2.89 bits per heavy atom. The fourth-order valence-electron chi connectivity index (χ4n) is 0.902. The lowest BCUT2D eigenvalue weighted by Crippen LogP contribution is -2.17. The van der Waals surface area contributed by atoms with Gasteiger partial charge < -0.3 is 0 Å². The largest absolute Gasteiger partial charge is 0.292 e. The molecule has 1 atom stereocenters. The maximum atomic E-state index is 12.4. The summed E-state index contributed by atoms with van der Waals surface area (Å²) in [4.78, 5) is 10.6. The topological polar surface area (TPSA) is 17.1 Å². The van der Waals surface area contributed by atoms with Crippen molar-refractivity contribution in [1.29, 1.82) is 0 Å². The van der Waals surface area contributed by atoms with Crippen LogP contribution in [-0.2, 0) is 4.79 Å². The molecule has 1 nitrogen and oxygen atoms in total. The summed E-state index contributed by atoms with van der Waals surface area (Å²) in [7, 11) is 0. The van der Waals surface area contributed by atoms with Crippen LogP contribution < -0.4 is 0 Å². The number of alkyl halides is 1. The quantitative estimate of drug-likeness (QED) is 0.484. The third-order valence-corrected chi connectivity index (χ3v) is 1.49. The van der Waals surface area contributed by atoms with Crippen molar-refractivity contribution in [2.24, 2.45) is 0 Å². The molecule has 0 radical (unpaired) electrons. The number of carbonyl (C=O) groups excluding carboxylic acids is 1. The number of allylic oxidation sites excluding steroid dienone is 2. The molecule has 9 heavy (non-hydrogen) atoms. The summed E-state index contributed by atoms with van der Waals surface area (Å²) in [5.41, 5.74) is 0.994. The van der Waals surface area contributed by atoms with Crippen molar-refractivity contribution in [3.63, 3.8) is 0 Å². The van der Waals surface area contributed by atoms with Crippen LogP contribution in [-0.4, -0.2) is 12.0 Å². The molecule has 0 saturated carbocycles. The van der Waals surface area contributed by atoms with Gasteiger partial charge in [0, 0.05) is 0 Å². The van der Waals surface area contributed by atoms with Gasteiger partial charge in [0.05, 0.1) is 0 Å². The Labute approximate surface area is 53.6 Å². The van der Waals surface area contributed by atoms with Gasteiger partial charge in [-0.3, -0.25) is 4.79 Å². The van der Waals surface area contributed by atoms with Gasteiger partial charge >= 0.3 is 0 Å². The molecular formula is C7H9FO. The molecular weight excluding hydrogens is 119 g/mol. The van der Waals surface area contributed by atoms with Gasteiger partial charge in [-0.15, -0.1) is 0 Å². The number of ketones is 1. The Kier molecular flexibility index (Phi) is 1.65. The molecule has 0 heterocycles. The van der Waals surface area contributed by atoms with Crippen LogP contribution in [0.5, 0.6) is 0 Å².